The monoisotopic (exact) mass is 1980 g/mol. The zero-order valence-electron chi connectivity index (χ0n) is 71.1. The zero-order chi connectivity index (χ0) is 99.9. The van der Waals surface area contributed by atoms with Gasteiger partial charge in [0.05, 0.1) is 30.5 Å². The molecule has 3 amide bonds. The molecule has 0 bridgehead atoms. The number of hydrogen-bond donors (Lipinski definition) is 16. The lowest BCUT2D eigenvalue weighted by Gasteiger charge is -2.20. The van der Waals surface area contributed by atoms with Crippen LogP contribution in [0.1, 0.15) is 65.6 Å². The van der Waals surface area contributed by atoms with Gasteiger partial charge in [-0.25, -0.2) is 29.3 Å². The van der Waals surface area contributed by atoms with E-state index in [4.69, 9.17) is 104 Å². The number of amidine groups is 5. The fourth-order valence-corrected chi connectivity index (χ4v) is 16.7. The summed E-state index contributed by atoms with van der Waals surface area (Å²) in [4.78, 5) is 82.3. The van der Waals surface area contributed by atoms with Crippen LogP contribution < -0.4 is 63.6 Å². The molecule has 21 N–H and O–H groups in total. The van der Waals surface area contributed by atoms with Gasteiger partial charge in [-0.1, -0.05) is 164 Å². The summed E-state index contributed by atoms with van der Waals surface area (Å²) in [6, 6.07) is 82.8. The number of carboxylic acid groups (broad SMARTS) is 3. The highest BCUT2D eigenvalue weighted by Gasteiger charge is 2.40. The first-order valence-corrected chi connectivity index (χ1v) is 43.9. The summed E-state index contributed by atoms with van der Waals surface area (Å²) in [6.45, 7) is 0.400. The van der Waals surface area contributed by atoms with E-state index in [1.165, 1.54) is 56.7 Å². The zero-order valence-corrected chi connectivity index (χ0v) is 75.2. The maximum atomic E-state index is 13.5. The van der Waals surface area contributed by atoms with Crippen LogP contribution in [0.2, 0.25) is 0 Å². The number of nitrogens with one attached hydrogen (secondary N) is 8. The molecular formula is C94H76F9N17O13S5. The average molecular weight is 1980 g/mol. The number of anilines is 3. The number of rotatable bonds is 23. The first kappa shape index (κ1) is 102. The van der Waals surface area contributed by atoms with Crippen molar-refractivity contribution in [1.29, 1.82) is 27.0 Å². The van der Waals surface area contributed by atoms with Gasteiger partial charge < -0.3 is 72.8 Å². The van der Waals surface area contributed by atoms with Crippen LogP contribution in [0.15, 0.2) is 285 Å². The molecule has 10 aromatic carbocycles. The van der Waals surface area contributed by atoms with Gasteiger partial charge in [-0.2, -0.15) is 39.5 Å². The molecule has 0 saturated heterocycles. The lowest BCUT2D eigenvalue weighted by atomic mass is 10.1. The summed E-state index contributed by atoms with van der Waals surface area (Å²) >= 11 is 7.06. The molecule has 0 aliphatic heterocycles. The first-order valence-electron chi connectivity index (χ1n) is 39.8. The van der Waals surface area contributed by atoms with E-state index in [1.807, 2.05) is 272 Å². The number of para-hydroxylation sites is 2. The number of aromatic nitrogens is 4. The number of amides is 3. The maximum absolute atomic E-state index is 13.5. The topological polar surface area (TPSA) is 529 Å². The minimum Gasteiger partial charge on any atom is -0.489 e. The van der Waals surface area contributed by atoms with Gasteiger partial charge in [-0.05, 0) is 119 Å². The van der Waals surface area contributed by atoms with Crippen molar-refractivity contribution in [1.82, 2.24) is 19.5 Å². The Labute approximate surface area is 794 Å². The molecule has 708 valence electrons. The van der Waals surface area contributed by atoms with Gasteiger partial charge in [0.25, 0.3) is 17.7 Å². The second kappa shape index (κ2) is 45.8. The van der Waals surface area contributed by atoms with Crippen LogP contribution in [0.5, 0.6) is 23.0 Å². The number of nitrogen functional groups attached to an aromatic ring is 5. The van der Waals surface area contributed by atoms with Crippen molar-refractivity contribution in [3.05, 3.63) is 332 Å². The Hall–Kier alpha value is -16.7. The largest absolute Gasteiger partial charge is 0.490 e. The van der Waals surface area contributed by atoms with Crippen molar-refractivity contribution in [2.75, 3.05) is 16.0 Å². The molecule has 0 radical (unpaired) electrons. The van der Waals surface area contributed by atoms with Crippen molar-refractivity contribution in [2.24, 2.45) is 35.7 Å². The third-order valence-corrected chi connectivity index (χ3v) is 24.1. The molecule has 0 spiro atoms. The molecule has 17 rings (SSSR count). The molecule has 7 aromatic heterocycles. The van der Waals surface area contributed by atoms with Crippen LogP contribution in [0.3, 0.4) is 0 Å². The third kappa shape index (κ3) is 27.5. The Bertz CT molecular complexity index is 7250. The quantitative estimate of drug-likeness (QED) is 0.0161. The van der Waals surface area contributed by atoms with Crippen LogP contribution in [0.4, 0.5) is 56.4 Å². The highest BCUT2D eigenvalue weighted by Crippen LogP contribution is 2.41. The lowest BCUT2D eigenvalue weighted by Crippen LogP contribution is -2.27. The number of alkyl halides is 9. The van der Waals surface area contributed by atoms with Crippen LogP contribution in [0.25, 0.3) is 62.2 Å². The molecular weight excluding hydrogens is 1910 g/mol. The molecule has 0 fully saturated rings. The minimum absolute atomic E-state index is 0.00125. The van der Waals surface area contributed by atoms with Gasteiger partial charge in [0.15, 0.2) is 5.13 Å². The fourth-order valence-electron chi connectivity index (χ4n) is 12.4. The number of carboxylic acids is 3. The van der Waals surface area contributed by atoms with Crippen molar-refractivity contribution >= 4 is 201 Å². The van der Waals surface area contributed by atoms with Crippen LogP contribution in [-0.2, 0) is 42.4 Å². The molecule has 17 aromatic rings. The number of hydrogen-bond acceptors (Lipinski definition) is 23. The second-order valence-corrected chi connectivity index (χ2v) is 33.7. The van der Waals surface area contributed by atoms with Crippen LogP contribution >= 0.6 is 56.7 Å². The predicted molar refractivity (Wildman–Crippen MR) is 514 cm³/mol. The molecule has 30 nitrogen and oxygen atoms in total. The summed E-state index contributed by atoms with van der Waals surface area (Å²) in [6.07, 6.45) is -14.6. The first-order chi connectivity index (χ1) is 65.6. The highest BCUT2D eigenvalue weighted by atomic mass is 32.1. The third-order valence-electron chi connectivity index (χ3n) is 18.8. The molecule has 138 heavy (non-hydrogen) atoms. The Balaban J connectivity index is 0.000000165. The number of pyridine rings is 1. The number of aryl methyl sites for hydroxylation is 1. The summed E-state index contributed by atoms with van der Waals surface area (Å²) in [5.74, 6) is -5.78. The summed E-state index contributed by atoms with van der Waals surface area (Å²) in [5.41, 5.74) is 33.5. The number of fused-ring (bicyclic) bond motifs is 6. The van der Waals surface area contributed by atoms with E-state index in [9.17, 15) is 53.9 Å². The van der Waals surface area contributed by atoms with Crippen molar-refractivity contribution in [3.8, 4) is 23.0 Å². The number of benzene rings is 10. The summed E-state index contributed by atoms with van der Waals surface area (Å²) in [5, 5.41) is 75.8. The lowest BCUT2D eigenvalue weighted by molar-refractivity contribution is -0.193. The Kier molecular flexibility index (Phi) is 33.8. The van der Waals surface area contributed by atoms with E-state index in [1.54, 1.807) is 23.8 Å². The number of imidazole rings is 1. The maximum Gasteiger partial charge on any atom is 0.490 e. The standard InChI is InChI=1S/C26H20N4O2S.C25H21N5O2S.C20H16N4O2S2.C17H16N4OS.3C2HF3O2/c27-24(28)22-15-19-20(11-6-12-21(19)33-22)32-23(17-8-2-1-3-9-17)26(31)30-25-18-10-5-4-7-16(18)13-14-29-25;1-30-18-11-6-5-10-17(18)28-25(30)29-24(31)22(15-8-3-2-4-9-15)32-19-12-7-13-20-16(19)14-21(33-20)23(26)27;21-18(22)16-11-13-14(7-4-8-15(13)28-16)26-17(12-5-2-1-3-6-12)19(25)24-20-23-9-10-27-20;18-16(19)12-3-1-2-10(6-12)9-22-13-5-4-11-7-15(17(20)21)23-14(11)8-13;3*3-2(4,5)1(6)7/h1-15,23H,(H3,27,28)(H,29,30,31);2-14,22H,1H3,(H3,26,27)(H,28,29,31);1-11,17H,(H3,21,22)(H,23,24,25);1-8H,9H2,(H3,18,19)(H3,20,21);3*(H,6,7). The molecule has 0 aliphatic carbocycles. The molecule has 0 aliphatic rings. The number of thiophene rings is 4. The fraction of sp³-hybridized carbons (Fsp3) is 0.0851. The van der Waals surface area contributed by atoms with Gasteiger partial charge in [-0.15, -0.1) is 56.7 Å². The number of halogens is 9. The summed E-state index contributed by atoms with van der Waals surface area (Å²) < 4.78 is 125. The van der Waals surface area contributed by atoms with E-state index >= 15 is 0 Å². The molecule has 3 unspecified atom stereocenters. The Morgan fingerprint density at radius 3 is 1.24 bits per heavy atom. The molecule has 3 atom stereocenters. The number of carbonyl (C=O) groups is 6. The van der Waals surface area contributed by atoms with Gasteiger partial charge in [0.2, 0.25) is 24.3 Å². The number of ether oxygens (including phenoxy) is 4. The second-order valence-electron chi connectivity index (χ2n) is 28.5. The Morgan fingerprint density at radius 2 is 0.812 bits per heavy atom. The smallest absolute Gasteiger partial charge is 0.489 e. The normalized spacial score (nSPS) is 11.6. The number of nitrogens with two attached hydrogens (primary N) is 5. The predicted octanol–water partition coefficient (Wildman–Crippen LogP) is 19.7. The Morgan fingerprint density at radius 1 is 0.406 bits per heavy atom. The number of carbonyl (C=O) groups excluding carboxylic acids is 3. The van der Waals surface area contributed by atoms with Gasteiger partial charge in [0, 0.05) is 87.4 Å². The molecule has 44 heteroatoms. The van der Waals surface area contributed by atoms with E-state index in [2.05, 4.69) is 30.9 Å². The van der Waals surface area contributed by atoms with E-state index < -0.39 is 54.7 Å². The van der Waals surface area contributed by atoms with E-state index in [0.29, 0.717) is 72.1 Å². The van der Waals surface area contributed by atoms with Crippen LogP contribution in [-0.4, -0.2) is 118 Å². The van der Waals surface area contributed by atoms with Crippen LogP contribution in [0, 0.1) is 27.0 Å². The minimum atomic E-state index is -5.08. The highest BCUT2D eigenvalue weighted by molar-refractivity contribution is 7.22. The van der Waals surface area contributed by atoms with Gasteiger partial charge >= 0.3 is 36.4 Å². The summed E-state index contributed by atoms with van der Waals surface area (Å²) in [7, 11) is 1.86. The SMILES string of the molecule is Cn1c(NC(=O)C(Oc2cccc3sc(C(=N)N)cc23)c2ccccc2)nc2ccccc21.N=C(N)c1cc2c(OC(C(=O)Nc3nccc4ccccc34)c3ccccc3)cccc2s1.N=C(N)c1cc2c(OC(C(=O)Nc3nccs3)c3ccccc3)cccc2s1.N=C(N)c1cccc(COc2ccc3cc(C(=N)N)sc3c2)c1.O=C(O)C(F)(F)F.O=C(O)C(F)(F)F.O=C(O)C(F)(F)F. The average Bonchev–Trinajstić information content (AvgIpc) is 1.32. The molecule has 7 heterocycles. The number of thiazole rings is 1. The van der Waals surface area contributed by atoms with Crippen molar-refractivity contribution < 1.29 is 103 Å². The molecule has 0 saturated carbocycles. The van der Waals surface area contributed by atoms with Crippen molar-refractivity contribution in [2.45, 2.75) is 43.4 Å². The van der Waals surface area contributed by atoms with E-state index in [-0.39, 0.29) is 46.9 Å². The van der Waals surface area contributed by atoms with Crippen molar-refractivity contribution in [3.63, 3.8) is 0 Å². The van der Waals surface area contributed by atoms with E-state index in [0.717, 1.165) is 83.9 Å². The van der Waals surface area contributed by atoms with Gasteiger partial charge in [0.1, 0.15) is 64.6 Å². The number of nitrogens with zero attached hydrogens (tertiary/aromatic N) is 4. The van der Waals surface area contributed by atoms with Gasteiger partial charge in [-0.3, -0.25) is 52.1 Å². The number of aliphatic carboxylic acids is 3.